The molecule has 0 unspecified atom stereocenters. The highest BCUT2D eigenvalue weighted by atomic mass is 32.2. The fourth-order valence-electron chi connectivity index (χ4n) is 1.22. The van der Waals surface area contributed by atoms with Gasteiger partial charge in [-0.2, -0.15) is 17.6 Å². The van der Waals surface area contributed by atoms with Crippen LogP contribution in [0.4, 0.5) is 30.7 Å². The fourth-order valence-corrected chi connectivity index (χ4v) is 2.14. The predicted molar refractivity (Wildman–Crippen MR) is 54.1 cm³/mol. The van der Waals surface area contributed by atoms with Crippen molar-refractivity contribution in [3.8, 4) is 5.75 Å². The number of rotatable bonds is 4. The molecule has 0 spiro atoms. The molecule has 0 aromatic heterocycles. The second kappa shape index (κ2) is 5.67. The van der Waals surface area contributed by atoms with Gasteiger partial charge < -0.3 is 4.74 Å². The number of halogens is 7. The molecule has 0 atom stereocenters. The predicted octanol–water partition coefficient (Wildman–Crippen LogP) is 2.09. The Kier molecular flexibility index (Phi) is 4.73. The maximum absolute atomic E-state index is 13.4. The van der Waals surface area contributed by atoms with Gasteiger partial charge in [0.05, 0.1) is 0 Å². The Hall–Kier alpha value is -1.56. The van der Waals surface area contributed by atoms with Gasteiger partial charge in [0, 0.05) is 0 Å². The summed E-state index contributed by atoms with van der Waals surface area (Å²) < 4.78 is 117. The van der Waals surface area contributed by atoms with Gasteiger partial charge in [-0.1, -0.05) is 0 Å². The summed E-state index contributed by atoms with van der Waals surface area (Å²) in [5.74, 6) is -11.7. The van der Waals surface area contributed by atoms with E-state index in [1.165, 1.54) is 4.72 Å². The minimum Gasteiger partial charge on any atom is -0.479 e. The maximum atomic E-state index is 13.4. The van der Waals surface area contributed by atoms with E-state index in [0.29, 0.717) is 7.05 Å². The van der Waals surface area contributed by atoms with Crippen molar-refractivity contribution in [2.45, 2.75) is 11.1 Å². The standard InChI is InChI=1S/C9H6F7NO3S/c1-17-21(18,19)8-6(13)4(11)3(10)5(12)7(8)20-2-9(14,15)16/h17H,2H2,1H3. The minimum absolute atomic E-state index is 0.696. The number of nitrogens with one attached hydrogen (secondary N) is 1. The number of ether oxygens (including phenoxy) is 1. The molecule has 0 heterocycles. The van der Waals surface area contributed by atoms with E-state index in [1.54, 1.807) is 0 Å². The number of sulfonamides is 1. The van der Waals surface area contributed by atoms with Crippen LogP contribution < -0.4 is 9.46 Å². The summed E-state index contributed by atoms with van der Waals surface area (Å²) in [6.45, 7) is -2.24. The molecule has 4 nitrogen and oxygen atoms in total. The highest BCUT2D eigenvalue weighted by Crippen LogP contribution is 2.34. The van der Waals surface area contributed by atoms with Crippen LogP contribution in [0.1, 0.15) is 0 Å². The Morgan fingerprint density at radius 1 is 1.00 bits per heavy atom. The SMILES string of the molecule is CNS(=O)(=O)c1c(F)c(F)c(F)c(F)c1OCC(F)(F)F. The van der Waals surface area contributed by atoms with Crippen LogP contribution in [0.15, 0.2) is 4.90 Å². The Balaban J connectivity index is 3.60. The highest BCUT2D eigenvalue weighted by molar-refractivity contribution is 7.89. The van der Waals surface area contributed by atoms with Crippen LogP contribution in [0.25, 0.3) is 0 Å². The Bertz CT molecular complexity index is 657. The van der Waals surface area contributed by atoms with E-state index in [2.05, 4.69) is 4.74 Å². The molecular formula is C9H6F7NO3S. The first-order chi connectivity index (χ1) is 9.42. The largest absolute Gasteiger partial charge is 0.479 e. The molecule has 0 aliphatic rings. The molecule has 120 valence electrons. The lowest BCUT2D eigenvalue weighted by molar-refractivity contribution is -0.154. The quantitative estimate of drug-likeness (QED) is 0.518. The number of benzene rings is 1. The molecule has 12 heteroatoms. The molecule has 1 N–H and O–H groups in total. The third-order valence-corrected chi connectivity index (χ3v) is 3.54. The summed E-state index contributed by atoms with van der Waals surface area (Å²) >= 11 is 0. The molecule has 0 aliphatic heterocycles. The van der Waals surface area contributed by atoms with Crippen molar-refractivity contribution in [2.75, 3.05) is 13.7 Å². The average molecular weight is 341 g/mol. The summed E-state index contributed by atoms with van der Waals surface area (Å²) in [7, 11) is -4.26. The fraction of sp³-hybridized carbons (Fsp3) is 0.333. The smallest absolute Gasteiger partial charge is 0.422 e. The first-order valence-electron chi connectivity index (χ1n) is 4.91. The number of hydrogen-bond acceptors (Lipinski definition) is 3. The van der Waals surface area contributed by atoms with Crippen molar-refractivity contribution < 1.29 is 43.9 Å². The van der Waals surface area contributed by atoms with Gasteiger partial charge in [0.2, 0.25) is 21.7 Å². The minimum atomic E-state index is -5.05. The molecular weight excluding hydrogens is 335 g/mol. The zero-order valence-corrected chi connectivity index (χ0v) is 10.8. The van der Waals surface area contributed by atoms with E-state index in [4.69, 9.17) is 0 Å². The maximum Gasteiger partial charge on any atom is 0.422 e. The van der Waals surface area contributed by atoms with Gasteiger partial charge in [-0.25, -0.2) is 26.3 Å². The number of hydrogen-bond donors (Lipinski definition) is 1. The summed E-state index contributed by atoms with van der Waals surface area (Å²) in [6.07, 6.45) is -5.05. The van der Waals surface area contributed by atoms with E-state index < -0.39 is 56.7 Å². The van der Waals surface area contributed by atoms with Gasteiger partial charge in [-0.15, -0.1) is 0 Å². The van der Waals surface area contributed by atoms with Gasteiger partial charge in [0.25, 0.3) is 0 Å². The molecule has 1 aromatic rings. The van der Waals surface area contributed by atoms with E-state index in [-0.39, 0.29) is 0 Å². The van der Waals surface area contributed by atoms with E-state index in [0.717, 1.165) is 0 Å². The summed E-state index contributed by atoms with van der Waals surface area (Å²) in [5, 5.41) is 0. The van der Waals surface area contributed by atoms with Crippen LogP contribution in [0, 0.1) is 23.3 Å². The monoisotopic (exact) mass is 341 g/mol. The van der Waals surface area contributed by atoms with Crippen LogP contribution in [0.3, 0.4) is 0 Å². The van der Waals surface area contributed by atoms with Crippen molar-refractivity contribution in [3.63, 3.8) is 0 Å². The molecule has 0 radical (unpaired) electrons. The average Bonchev–Trinajstić information content (AvgIpc) is 2.37. The lowest BCUT2D eigenvalue weighted by Crippen LogP contribution is -2.25. The molecule has 21 heavy (non-hydrogen) atoms. The molecule has 0 saturated carbocycles. The lowest BCUT2D eigenvalue weighted by Gasteiger charge is -2.15. The summed E-state index contributed by atoms with van der Waals surface area (Å²) in [6, 6.07) is 0. The van der Waals surface area contributed by atoms with Gasteiger partial charge in [-0.05, 0) is 7.05 Å². The highest BCUT2D eigenvalue weighted by Gasteiger charge is 2.36. The molecule has 0 fully saturated rings. The zero-order chi connectivity index (χ0) is 16.6. The van der Waals surface area contributed by atoms with Crippen LogP contribution >= 0.6 is 0 Å². The van der Waals surface area contributed by atoms with Crippen LogP contribution in [0.5, 0.6) is 5.75 Å². The lowest BCUT2D eigenvalue weighted by atomic mass is 10.3. The molecule has 1 aromatic carbocycles. The molecule has 0 aliphatic carbocycles. The first kappa shape index (κ1) is 17.5. The summed E-state index contributed by atoms with van der Waals surface area (Å²) in [5.41, 5.74) is 0. The Labute approximate surface area is 113 Å². The van der Waals surface area contributed by atoms with Gasteiger partial charge in [-0.3, -0.25) is 0 Å². The molecule has 0 amide bonds. The first-order valence-corrected chi connectivity index (χ1v) is 6.39. The van der Waals surface area contributed by atoms with E-state index >= 15 is 0 Å². The zero-order valence-electron chi connectivity index (χ0n) is 9.99. The van der Waals surface area contributed by atoms with Crippen molar-refractivity contribution in [2.24, 2.45) is 0 Å². The van der Waals surface area contributed by atoms with Crippen molar-refractivity contribution in [1.82, 2.24) is 4.72 Å². The van der Waals surface area contributed by atoms with Crippen LogP contribution in [-0.2, 0) is 10.0 Å². The third-order valence-electron chi connectivity index (χ3n) is 2.10. The Morgan fingerprint density at radius 2 is 1.48 bits per heavy atom. The van der Waals surface area contributed by atoms with Crippen molar-refractivity contribution >= 4 is 10.0 Å². The molecule has 1 rings (SSSR count). The number of alkyl halides is 3. The second-order valence-electron chi connectivity index (χ2n) is 3.53. The van der Waals surface area contributed by atoms with Crippen LogP contribution in [0.2, 0.25) is 0 Å². The van der Waals surface area contributed by atoms with Gasteiger partial charge in [0.1, 0.15) is 0 Å². The van der Waals surface area contributed by atoms with Crippen molar-refractivity contribution in [3.05, 3.63) is 23.3 Å². The summed E-state index contributed by atoms with van der Waals surface area (Å²) in [4.78, 5) is -1.90. The van der Waals surface area contributed by atoms with E-state index in [1.807, 2.05) is 0 Å². The molecule has 0 bridgehead atoms. The van der Waals surface area contributed by atoms with Crippen molar-refractivity contribution in [1.29, 1.82) is 0 Å². The second-order valence-corrected chi connectivity index (χ2v) is 5.35. The normalized spacial score (nSPS) is 12.6. The van der Waals surface area contributed by atoms with E-state index in [9.17, 15) is 39.2 Å². The van der Waals surface area contributed by atoms with Gasteiger partial charge >= 0.3 is 6.18 Å². The Morgan fingerprint density at radius 3 is 1.90 bits per heavy atom. The third kappa shape index (κ3) is 3.56. The topological polar surface area (TPSA) is 55.4 Å². The van der Waals surface area contributed by atoms with Gasteiger partial charge in [0.15, 0.2) is 28.9 Å². The molecule has 0 saturated heterocycles. The van der Waals surface area contributed by atoms with Crippen LogP contribution in [-0.4, -0.2) is 28.2 Å².